The van der Waals surface area contributed by atoms with E-state index in [-0.39, 0.29) is 5.41 Å². The van der Waals surface area contributed by atoms with Crippen LogP contribution in [0.3, 0.4) is 0 Å². The Morgan fingerprint density at radius 2 is 0.944 bits per heavy atom. The van der Waals surface area contributed by atoms with E-state index < -0.39 is 0 Å². The third-order valence-electron chi connectivity index (χ3n) is 8.07. The zero-order valence-electron chi connectivity index (χ0n) is 19.7. The summed E-state index contributed by atoms with van der Waals surface area (Å²) in [6.45, 7) is 0. The Balaban J connectivity index is 1.37. The minimum Gasteiger partial charge on any atom is -0.355 e. The van der Waals surface area contributed by atoms with Crippen LogP contribution in [0.2, 0.25) is 0 Å². The molecule has 0 saturated heterocycles. The Kier molecular flexibility index (Phi) is 3.93. The second kappa shape index (κ2) is 7.19. The number of anilines is 2. The molecule has 0 aliphatic heterocycles. The zero-order valence-corrected chi connectivity index (χ0v) is 19.7. The average molecular weight is 458 g/mol. The molecule has 0 saturated carbocycles. The van der Waals surface area contributed by atoms with Gasteiger partial charge in [0.05, 0.1) is 5.41 Å². The van der Waals surface area contributed by atoms with Gasteiger partial charge in [-0.15, -0.1) is 0 Å². The molecular weight excluding hydrogens is 434 g/mol. The van der Waals surface area contributed by atoms with Gasteiger partial charge < -0.3 is 5.32 Å². The summed E-state index contributed by atoms with van der Waals surface area (Å²) >= 11 is 0. The molecule has 1 nitrogen and oxygen atoms in total. The number of benzene rings is 6. The van der Waals surface area contributed by atoms with Crippen LogP contribution in [0.4, 0.5) is 11.4 Å². The molecule has 0 aromatic heterocycles. The van der Waals surface area contributed by atoms with Gasteiger partial charge >= 0.3 is 0 Å². The van der Waals surface area contributed by atoms with Gasteiger partial charge in [-0.2, -0.15) is 0 Å². The molecule has 36 heavy (non-hydrogen) atoms. The van der Waals surface area contributed by atoms with Crippen molar-refractivity contribution in [1.82, 2.24) is 0 Å². The number of nitrogens with one attached hydrogen (secondary N) is 1. The average Bonchev–Trinajstić information content (AvgIpc) is 3.40. The van der Waals surface area contributed by atoms with Crippen molar-refractivity contribution in [2.45, 2.75) is 5.41 Å². The fourth-order valence-corrected chi connectivity index (χ4v) is 6.67. The van der Waals surface area contributed by atoms with E-state index in [4.69, 9.17) is 0 Å². The highest BCUT2D eigenvalue weighted by Gasteiger charge is 2.51. The lowest BCUT2D eigenvalue weighted by atomic mass is 9.70. The van der Waals surface area contributed by atoms with Crippen molar-refractivity contribution >= 4 is 22.1 Å². The summed E-state index contributed by atoms with van der Waals surface area (Å²) in [5.74, 6) is 0. The van der Waals surface area contributed by atoms with Gasteiger partial charge in [-0.3, -0.25) is 0 Å². The predicted octanol–water partition coefficient (Wildman–Crippen LogP) is 8.93. The van der Waals surface area contributed by atoms with E-state index in [1.165, 1.54) is 55.3 Å². The number of fused-ring (bicyclic) bond motifs is 11. The van der Waals surface area contributed by atoms with E-state index in [9.17, 15) is 0 Å². The van der Waals surface area contributed by atoms with Gasteiger partial charge in [0.25, 0.3) is 0 Å². The summed E-state index contributed by atoms with van der Waals surface area (Å²) in [6, 6.07) is 48.8. The van der Waals surface area contributed by atoms with Crippen LogP contribution >= 0.6 is 0 Å². The maximum absolute atomic E-state index is 3.72. The molecule has 6 aromatic rings. The summed E-state index contributed by atoms with van der Waals surface area (Å²) < 4.78 is 0. The number of hydrogen-bond acceptors (Lipinski definition) is 1. The lowest BCUT2D eigenvalue weighted by molar-refractivity contribution is 0.794. The highest BCUT2D eigenvalue weighted by atomic mass is 14.9. The lowest BCUT2D eigenvalue weighted by Crippen LogP contribution is -2.25. The van der Waals surface area contributed by atoms with Crippen LogP contribution in [0, 0.1) is 0 Å². The minimum absolute atomic E-state index is 0.281. The van der Waals surface area contributed by atoms with E-state index in [1.54, 1.807) is 0 Å². The van der Waals surface area contributed by atoms with Gasteiger partial charge in [-0.25, -0.2) is 0 Å². The third kappa shape index (κ3) is 2.44. The molecule has 0 bridgehead atoms. The first-order valence-corrected chi connectivity index (χ1v) is 12.5. The molecule has 8 rings (SSSR count). The molecular formula is C35H23N. The van der Waals surface area contributed by atoms with Crippen molar-refractivity contribution in [2.75, 3.05) is 5.32 Å². The predicted molar refractivity (Wildman–Crippen MR) is 150 cm³/mol. The van der Waals surface area contributed by atoms with Crippen molar-refractivity contribution in [3.63, 3.8) is 0 Å². The third-order valence-corrected chi connectivity index (χ3v) is 8.07. The van der Waals surface area contributed by atoms with Gasteiger partial charge in [-0.1, -0.05) is 115 Å². The molecule has 0 amide bonds. The van der Waals surface area contributed by atoms with Crippen LogP contribution in [0.1, 0.15) is 22.3 Å². The topological polar surface area (TPSA) is 12.0 Å². The van der Waals surface area contributed by atoms with Gasteiger partial charge in [0, 0.05) is 16.8 Å². The Bertz CT molecular complexity index is 1780. The molecule has 0 radical (unpaired) electrons. The number of hydrogen-bond donors (Lipinski definition) is 1. The monoisotopic (exact) mass is 457 g/mol. The Labute approximate surface area is 210 Å². The fraction of sp³-hybridized carbons (Fsp3) is 0.0286. The Morgan fingerprint density at radius 3 is 1.64 bits per heavy atom. The first-order chi connectivity index (χ1) is 17.9. The quantitative estimate of drug-likeness (QED) is 0.273. The summed E-state index contributed by atoms with van der Waals surface area (Å²) in [6.07, 6.45) is 0. The van der Waals surface area contributed by atoms with Crippen LogP contribution in [-0.4, -0.2) is 0 Å². The smallest absolute Gasteiger partial charge is 0.0725 e. The Morgan fingerprint density at radius 1 is 0.417 bits per heavy atom. The number of rotatable bonds is 2. The van der Waals surface area contributed by atoms with Crippen molar-refractivity contribution in [3.05, 3.63) is 156 Å². The van der Waals surface area contributed by atoms with Crippen LogP contribution in [0.15, 0.2) is 133 Å². The van der Waals surface area contributed by atoms with Crippen LogP contribution in [0.25, 0.3) is 33.0 Å². The molecule has 2 aliphatic rings. The van der Waals surface area contributed by atoms with Crippen molar-refractivity contribution in [1.29, 1.82) is 0 Å². The molecule has 1 spiro atoms. The molecule has 168 valence electrons. The molecule has 6 aromatic carbocycles. The molecule has 0 unspecified atom stereocenters. The highest BCUT2D eigenvalue weighted by Crippen LogP contribution is 2.62. The SMILES string of the molecule is c1ccc2c(c1)-c1ccccc1C21c2ccccc2-c2cc(Nc3cccc4ccccc34)ccc21. The first kappa shape index (κ1) is 19.7. The second-order valence-corrected chi connectivity index (χ2v) is 9.80. The largest absolute Gasteiger partial charge is 0.355 e. The first-order valence-electron chi connectivity index (χ1n) is 12.5. The highest BCUT2D eigenvalue weighted by molar-refractivity contribution is 5.98. The van der Waals surface area contributed by atoms with Gasteiger partial charge in [-0.05, 0) is 68.1 Å². The fourth-order valence-electron chi connectivity index (χ4n) is 6.67. The maximum atomic E-state index is 3.72. The lowest BCUT2D eigenvalue weighted by Gasteiger charge is -2.30. The van der Waals surface area contributed by atoms with Gasteiger partial charge in [0.15, 0.2) is 0 Å². The second-order valence-electron chi connectivity index (χ2n) is 9.80. The standard InChI is InChI=1S/C35H23N/c1-2-12-25-23(10-1)11-9-19-34(25)36-24-20-21-33-29(22-24)28-15-5-8-18-32(28)35(33)30-16-6-3-13-26(30)27-14-4-7-17-31(27)35/h1-22,36H. The molecule has 1 heteroatoms. The molecule has 0 atom stereocenters. The zero-order chi connectivity index (χ0) is 23.7. The van der Waals surface area contributed by atoms with Crippen molar-refractivity contribution in [3.8, 4) is 22.3 Å². The van der Waals surface area contributed by atoms with E-state index in [0.717, 1.165) is 11.4 Å². The van der Waals surface area contributed by atoms with Crippen LogP contribution in [-0.2, 0) is 5.41 Å². The van der Waals surface area contributed by atoms with Gasteiger partial charge in [0.2, 0.25) is 0 Å². The van der Waals surface area contributed by atoms with Crippen molar-refractivity contribution < 1.29 is 0 Å². The molecule has 0 heterocycles. The van der Waals surface area contributed by atoms with Crippen LogP contribution < -0.4 is 5.32 Å². The summed E-state index contributed by atoms with van der Waals surface area (Å²) in [7, 11) is 0. The molecule has 1 N–H and O–H groups in total. The normalized spacial score (nSPS) is 13.8. The Hall–Kier alpha value is -4.62. The molecule has 2 aliphatic carbocycles. The van der Waals surface area contributed by atoms with E-state index in [0.29, 0.717) is 0 Å². The summed E-state index contributed by atoms with van der Waals surface area (Å²) in [4.78, 5) is 0. The van der Waals surface area contributed by atoms with E-state index in [2.05, 4.69) is 139 Å². The van der Waals surface area contributed by atoms with E-state index in [1.807, 2.05) is 0 Å². The maximum Gasteiger partial charge on any atom is 0.0725 e. The summed E-state index contributed by atoms with van der Waals surface area (Å²) in [5.41, 5.74) is 12.8. The molecule has 0 fully saturated rings. The van der Waals surface area contributed by atoms with Crippen LogP contribution in [0.5, 0.6) is 0 Å². The van der Waals surface area contributed by atoms with Gasteiger partial charge in [0.1, 0.15) is 0 Å². The van der Waals surface area contributed by atoms with E-state index >= 15 is 0 Å². The van der Waals surface area contributed by atoms with Crippen molar-refractivity contribution in [2.24, 2.45) is 0 Å². The minimum atomic E-state index is -0.281. The summed E-state index contributed by atoms with van der Waals surface area (Å²) in [5, 5.41) is 6.20.